The number of aromatic nitrogens is 1. The standard InChI is InChI=1S/C19H18N4O6/c1-11-13-6-8-21(10-16(13)29-20-11)17(24)3-2-7-22-18(25)14-5-4-12(23(27)28)9-15(14)19(22)26/h4-5,9H,2-3,6-8,10H2,1H3. The molecule has 0 saturated carbocycles. The lowest BCUT2D eigenvalue weighted by atomic mass is 10.1. The van der Waals surface area contributed by atoms with Gasteiger partial charge in [0.1, 0.15) is 0 Å². The number of aryl methyl sites for hydroxylation is 1. The largest absolute Gasteiger partial charge is 0.359 e. The SMILES string of the molecule is Cc1noc2c1CCN(C(=O)CCCN1C(=O)c3ccc([N+](=O)[O-])cc3C1=O)C2. The van der Waals surface area contributed by atoms with Gasteiger partial charge in [0.25, 0.3) is 17.5 Å². The van der Waals surface area contributed by atoms with Crippen LogP contribution in [0.2, 0.25) is 0 Å². The smallest absolute Gasteiger partial charge is 0.270 e. The Morgan fingerprint density at radius 2 is 2.03 bits per heavy atom. The van der Waals surface area contributed by atoms with Gasteiger partial charge in [0, 0.05) is 37.2 Å². The number of fused-ring (bicyclic) bond motifs is 2. The van der Waals surface area contributed by atoms with Crippen molar-refractivity contribution >= 4 is 23.4 Å². The van der Waals surface area contributed by atoms with Crippen molar-refractivity contribution in [2.75, 3.05) is 13.1 Å². The van der Waals surface area contributed by atoms with Crippen molar-refractivity contribution in [1.29, 1.82) is 0 Å². The highest BCUT2D eigenvalue weighted by Crippen LogP contribution is 2.27. The minimum Gasteiger partial charge on any atom is -0.359 e. The summed E-state index contributed by atoms with van der Waals surface area (Å²) >= 11 is 0. The molecule has 2 aromatic rings. The summed E-state index contributed by atoms with van der Waals surface area (Å²) in [6, 6.07) is 3.61. The summed E-state index contributed by atoms with van der Waals surface area (Å²) in [5, 5.41) is 14.8. The number of rotatable bonds is 5. The first-order chi connectivity index (χ1) is 13.9. The molecule has 3 heterocycles. The van der Waals surface area contributed by atoms with Crippen molar-refractivity contribution in [2.24, 2.45) is 0 Å². The first-order valence-electron chi connectivity index (χ1n) is 9.23. The quantitative estimate of drug-likeness (QED) is 0.427. The molecule has 0 unspecified atom stereocenters. The zero-order chi connectivity index (χ0) is 20.7. The van der Waals surface area contributed by atoms with Crippen LogP contribution in [0.1, 0.15) is 50.6 Å². The molecule has 4 rings (SSSR count). The third kappa shape index (κ3) is 3.26. The number of imide groups is 1. The van der Waals surface area contributed by atoms with Crippen molar-refractivity contribution in [3.63, 3.8) is 0 Å². The molecule has 150 valence electrons. The fraction of sp³-hybridized carbons (Fsp3) is 0.368. The molecular weight excluding hydrogens is 380 g/mol. The van der Waals surface area contributed by atoms with Gasteiger partial charge in [-0.25, -0.2) is 0 Å². The van der Waals surface area contributed by atoms with Crippen LogP contribution in [0.25, 0.3) is 0 Å². The summed E-state index contributed by atoms with van der Waals surface area (Å²) in [5.74, 6) is -0.450. The van der Waals surface area contributed by atoms with Gasteiger partial charge in [-0.2, -0.15) is 0 Å². The number of carbonyl (C=O) groups is 3. The van der Waals surface area contributed by atoms with Crippen LogP contribution in [0.3, 0.4) is 0 Å². The summed E-state index contributed by atoms with van der Waals surface area (Å²) < 4.78 is 5.25. The predicted molar refractivity (Wildman–Crippen MR) is 98.1 cm³/mol. The fourth-order valence-corrected chi connectivity index (χ4v) is 3.73. The lowest BCUT2D eigenvalue weighted by Crippen LogP contribution is -2.36. The number of benzene rings is 1. The molecule has 10 nitrogen and oxygen atoms in total. The number of non-ortho nitro benzene ring substituents is 1. The van der Waals surface area contributed by atoms with Gasteiger partial charge in [-0.3, -0.25) is 29.4 Å². The number of hydrogen-bond acceptors (Lipinski definition) is 7. The first kappa shape index (κ1) is 18.8. The summed E-state index contributed by atoms with van der Waals surface area (Å²) in [5.41, 5.74) is 1.83. The Morgan fingerprint density at radius 3 is 2.79 bits per heavy atom. The van der Waals surface area contributed by atoms with Crippen LogP contribution in [0.15, 0.2) is 22.7 Å². The second-order valence-electron chi connectivity index (χ2n) is 7.09. The number of nitro benzene ring substituents is 1. The summed E-state index contributed by atoms with van der Waals surface area (Å²) in [7, 11) is 0. The van der Waals surface area contributed by atoms with Crippen molar-refractivity contribution in [3.8, 4) is 0 Å². The Kier molecular flexibility index (Phi) is 4.61. The number of nitro groups is 1. The van der Waals surface area contributed by atoms with Crippen molar-refractivity contribution < 1.29 is 23.8 Å². The monoisotopic (exact) mass is 398 g/mol. The lowest BCUT2D eigenvalue weighted by molar-refractivity contribution is -0.384. The highest BCUT2D eigenvalue weighted by Gasteiger charge is 2.36. The van der Waals surface area contributed by atoms with Gasteiger partial charge in [-0.15, -0.1) is 0 Å². The number of hydrogen-bond donors (Lipinski definition) is 0. The molecule has 0 saturated heterocycles. The Labute approximate surface area is 165 Å². The minimum absolute atomic E-state index is 0.0276. The van der Waals surface area contributed by atoms with Crippen LogP contribution >= 0.6 is 0 Å². The van der Waals surface area contributed by atoms with E-state index in [4.69, 9.17) is 4.52 Å². The van der Waals surface area contributed by atoms with E-state index in [1.807, 2.05) is 6.92 Å². The normalized spacial score (nSPS) is 15.5. The van der Waals surface area contributed by atoms with E-state index in [1.54, 1.807) is 4.90 Å². The molecule has 0 radical (unpaired) electrons. The van der Waals surface area contributed by atoms with Crippen LogP contribution in [0.5, 0.6) is 0 Å². The van der Waals surface area contributed by atoms with Crippen LogP contribution in [0, 0.1) is 17.0 Å². The van der Waals surface area contributed by atoms with E-state index in [9.17, 15) is 24.5 Å². The molecule has 10 heteroatoms. The van der Waals surface area contributed by atoms with Crippen LogP contribution in [-0.2, 0) is 17.8 Å². The lowest BCUT2D eigenvalue weighted by Gasteiger charge is -2.26. The number of carbonyl (C=O) groups excluding carboxylic acids is 3. The molecule has 3 amide bonds. The second kappa shape index (κ2) is 7.12. The summed E-state index contributed by atoms with van der Waals surface area (Å²) in [4.78, 5) is 50.4. The Hall–Kier alpha value is -3.56. The van der Waals surface area contributed by atoms with Crippen molar-refractivity contribution in [1.82, 2.24) is 15.0 Å². The molecule has 2 aliphatic heterocycles. The zero-order valence-electron chi connectivity index (χ0n) is 15.7. The molecule has 0 spiro atoms. The van der Waals surface area contributed by atoms with E-state index < -0.39 is 16.7 Å². The van der Waals surface area contributed by atoms with Gasteiger partial charge in [0.2, 0.25) is 5.91 Å². The van der Waals surface area contributed by atoms with E-state index in [0.717, 1.165) is 22.2 Å². The molecule has 0 bridgehead atoms. The minimum atomic E-state index is -0.612. The van der Waals surface area contributed by atoms with E-state index in [1.165, 1.54) is 12.1 Å². The molecule has 1 aromatic heterocycles. The maximum Gasteiger partial charge on any atom is 0.270 e. The Morgan fingerprint density at radius 1 is 1.28 bits per heavy atom. The van der Waals surface area contributed by atoms with Gasteiger partial charge < -0.3 is 9.42 Å². The topological polar surface area (TPSA) is 127 Å². The van der Waals surface area contributed by atoms with E-state index in [0.29, 0.717) is 31.7 Å². The summed E-state index contributed by atoms with van der Waals surface area (Å²) in [6.07, 6.45) is 1.18. The molecule has 0 N–H and O–H groups in total. The molecule has 0 aliphatic carbocycles. The number of amides is 3. The van der Waals surface area contributed by atoms with Crippen LogP contribution in [-0.4, -0.2) is 50.7 Å². The molecule has 29 heavy (non-hydrogen) atoms. The van der Waals surface area contributed by atoms with Gasteiger partial charge in [0.05, 0.1) is 28.3 Å². The first-order valence-corrected chi connectivity index (χ1v) is 9.23. The maximum absolute atomic E-state index is 12.5. The maximum atomic E-state index is 12.5. The molecule has 2 aliphatic rings. The number of nitrogens with zero attached hydrogens (tertiary/aromatic N) is 4. The average molecular weight is 398 g/mol. The predicted octanol–water partition coefficient (Wildman–Crippen LogP) is 1.85. The third-order valence-electron chi connectivity index (χ3n) is 5.32. The van der Waals surface area contributed by atoms with Gasteiger partial charge in [0.15, 0.2) is 5.76 Å². The second-order valence-corrected chi connectivity index (χ2v) is 7.09. The molecule has 0 fully saturated rings. The van der Waals surface area contributed by atoms with Crippen LogP contribution < -0.4 is 0 Å². The third-order valence-corrected chi connectivity index (χ3v) is 5.32. The van der Waals surface area contributed by atoms with Crippen LogP contribution in [0.4, 0.5) is 5.69 Å². The highest BCUT2D eigenvalue weighted by atomic mass is 16.6. The Bertz CT molecular complexity index is 1040. The zero-order valence-corrected chi connectivity index (χ0v) is 15.7. The van der Waals surface area contributed by atoms with Gasteiger partial charge in [-0.1, -0.05) is 5.16 Å². The van der Waals surface area contributed by atoms with Crippen molar-refractivity contribution in [2.45, 2.75) is 32.7 Å². The summed E-state index contributed by atoms with van der Waals surface area (Å²) in [6.45, 7) is 2.89. The van der Waals surface area contributed by atoms with E-state index in [-0.39, 0.29) is 35.7 Å². The average Bonchev–Trinajstić information content (AvgIpc) is 3.20. The van der Waals surface area contributed by atoms with Crippen molar-refractivity contribution in [3.05, 3.63) is 56.5 Å². The molecule has 0 atom stereocenters. The molecular formula is C19H18N4O6. The van der Waals surface area contributed by atoms with E-state index >= 15 is 0 Å². The fourth-order valence-electron chi connectivity index (χ4n) is 3.73. The molecule has 1 aromatic carbocycles. The van der Waals surface area contributed by atoms with Gasteiger partial charge >= 0.3 is 0 Å². The van der Waals surface area contributed by atoms with Gasteiger partial charge in [-0.05, 0) is 25.8 Å². The van der Waals surface area contributed by atoms with E-state index in [2.05, 4.69) is 5.16 Å². The Balaban J connectivity index is 1.35. The highest BCUT2D eigenvalue weighted by molar-refractivity contribution is 6.21.